The summed E-state index contributed by atoms with van der Waals surface area (Å²) in [5.41, 5.74) is 0. The van der Waals surface area contributed by atoms with Gasteiger partial charge in [-0.25, -0.2) is 0 Å². The molecular formula is C8H12O6. The van der Waals surface area contributed by atoms with Crippen molar-refractivity contribution in [3.63, 3.8) is 0 Å². The highest BCUT2D eigenvalue weighted by atomic mass is 16.9. The predicted octanol–water partition coefficient (Wildman–Crippen LogP) is -1.80. The van der Waals surface area contributed by atoms with Crippen LogP contribution in [0.5, 0.6) is 0 Å². The molecule has 6 heteroatoms. The summed E-state index contributed by atoms with van der Waals surface area (Å²) < 4.78 is 20.8. The zero-order chi connectivity index (χ0) is 9.87. The van der Waals surface area contributed by atoms with Gasteiger partial charge in [0.25, 0.3) is 6.48 Å². The molecule has 4 fully saturated rings. The summed E-state index contributed by atoms with van der Waals surface area (Å²) in [6, 6.07) is 0. The number of hydrogen-bond donors (Lipinski definition) is 2. The first-order chi connectivity index (χ1) is 6.72. The van der Waals surface area contributed by atoms with Crippen molar-refractivity contribution in [3.8, 4) is 0 Å². The zero-order valence-corrected chi connectivity index (χ0v) is 7.57. The maximum atomic E-state index is 9.75. The molecule has 4 unspecified atom stereocenters. The monoisotopic (exact) mass is 204 g/mol. The van der Waals surface area contributed by atoms with Crippen LogP contribution < -0.4 is 0 Å². The van der Waals surface area contributed by atoms with Crippen LogP contribution in [0.3, 0.4) is 0 Å². The average Bonchev–Trinajstić information content (AvgIpc) is 2.20. The summed E-state index contributed by atoms with van der Waals surface area (Å²) in [5.74, 6) is 0. The summed E-state index contributed by atoms with van der Waals surface area (Å²) in [7, 11) is 1.50. The van der Waals surface area contributed by atoms with Crippen LogP contribution in [0.4, 0.5) is 0 Å². The number of rotatable bonds is 1. The Bertz CT molecular complexity index is 226. The molecule has 3 aliphatic heterocycles. The van der Waals surface area contributed by atoms with Gasteiger partial charge in [0.05, 0.1) is 0 Å². The van der Waals surface area contributed by atoms with Crippen molar-refractivity contribution in [2.45, 2.75) is 43.1 Å². The van der Waals surface area contributed by atoms with Gasteiger partial charge < -0.3 is 29.2 Å². The van der Waals surface area contributed by atoms with E-state index in [2.05, 4.69) is 0 Å². The van der Waals surface area contributed by atoms with Crippen molar-refractivity contribution in [1.29, 1.82) is 0 Å². The third kappa shape index (κ3) is 0.955. The lowest BCUT2D eigenvalue weighted by Crippen LogP contribution is -2.75. The fraction of sp³-hybridized carbons (Fsp3) is 1.00. The third-order valence-corrected chi connectivity index (χ3v) is 3.07. The van der Waals surface area contributed by atoms with Crippen LogP contribution in [-0.2, 0) is 18.9 Å². The molecule has 4 rings (SSSR count). The van der Waals surface area contributed by atoms with Crippen LogP contribution in [0.15, 0.2) is 0 Å². The normalized spacial score (nSPS) is 60.6. The highest BCUT2D eigenvalue weighted by Crippen LogP contribution is 2.40. The Hall–Kier alpha value is -0.240. The van der Waals surface area contributed by atoms with Gasteiger partial charge in [-0.15, -0.1) is 0 Å². The number of hydrogen-bond acceptors (Lipinski definition) is 6. The van der Waals surface area contributed by atoms with E-state index in [1.807, 2.05) is 0 Å². The average molecular weight is 204 g/mol. The summed E-state index contributed by atoms with van der Waals surface area (Å²) >= 11 is 0. The third-order valence-electron chi connectivity index (χ3n) is 3.07. The Morgan fingerprint density at radius 3 is 1.93 bits per heavy atom. The zero-order valence-electron chi connectivity index (χ0n) is 7.57. The topological polar surface area (TPSA) is 77.4 Å². The minimum absolute atomic E-state index is 0.434. The van der Waals surface area contributed by atoms with Crippen LogP contribution in [-0.4, -0.2) is 60.4 Å². The van der Waals surface area contributed by atoms with E-state index >= 15 is 0 Å². The molecule has 0 amide bonds. The summed E-state index contributed by atoms with van der Waals surface area (Å²) in [6.45, 7) is -0.770. The van der Waals surface area contributed by atoms with Gasteiger partial charge >= 0.3 is 0 Å². The SMILES string of the molecule is COC1C2OC3OC([C@@H]2O)[C@@H](O)[C@H]1O3. The second kappa shape index (κ2) is 2.88. The first kappa shape index (κ1) is 9.02. The van der Waals surface area contributed by atoms with Crippen LogP contribution in [0.1, 0.15) is 0 Å². The van der Waals surface area contributed by atoms with Crippen LogP contribution in [0.25, 0.3) is 0 Å². The molecule has 3 heterocycles. The Morgan fingerprint density at radius 2 is 1.43 bits per heavy atom. The van der Waals surface area contributed by atoms with Crippen molar-refractivity contribution < 1.29 is 29.2 Å². The second-order valence-corrected chi connectivity index (χ2v) is 3.77. The first-order valence-electron chi connectivity index (χ1n) is 4.57. The number of ether oxygens (including phenoxy) is 4. The van der Waals surface area contributed by atoms with E-state index in [1.54, 1.807) is 0 Å². The molecule has 14 heavy (non-hydrogen) atoms. The Kier molecular flexibility index (Phi) is 1.85. The largest absolute Gasteiger partial charge is 0.387 e. The Balaban J connectivity index is 1.94. The van der Waals surface area contributed by atoms with E-state index < -0.39 is 43.1 Å². The summed E-state index contributed by atoms with van der Waals surface area (Å²) in [6.07, 6.45) is -3.70. The predicted molar refractivity (Wildman–Crippen MR) is 41.2 cm³/mol. The van der Waals surface area contributed by atoms with E-state index in [9.17, 15) is 10.2 Å². The maximum Gasteiger partial charge on any atom is 0.272 e. The number of methoxy groups -OCH3 is 1. The smallest absolute Gasteiger partial charge is 0.272 e. The molecule has 7 atom stereocenters. The molecule has 0 aromatic carbocycles. The van der Waals surface area contributed by atoms with E-state index in [0.717, 1.165) is 0 Å². The maximum absolute atomic E-state index is 9.75. The second-order valence-electron chi connectivity index (χ2n) is 3.77. The number of aliphatic hydroxyl groups excluding tert-OH is 2. The van der Waals surface area contributed by atoms with Crippen molar-refractivity contribution in [2.75, 3.05) is 7.11 Å². The standard InChI is InChI=1S/C8H12O6/c1-11-7-5-2(9)4-3(10)6(7)14-8(12-4)13-5/h2-10H,1H3/t2-,3+,4?,5-,6?,7?,8?/m1/s1. The van der Waals surface area contributed by atoms with E-state index in [4.69, 9.17) is 18.9 Å². The first-order valence-corrected chi connectivity index (χ1v) is 4.57. The van der Waals surface area contributed by atoms with E-state index in [0.29, 0.717) is 0 Å². The van der Waals surface area contributed by atoms with Gasteiger partial charge in [0.2, 0.25) is 0 Å². The van der Waals surface area contributed by atoms with Gasteiger partial charge in [-0.05, 0) is 0 Å². The summed E-state index contributed by atoms with van der Waals surface area (Å²) in [5, 5.41) is 19.5. The fourth-order valence-corrected chi connectivity index (χ4v) is 2.38. The molecule has 0 spiro atoms. The minimum atomic E-state index is -0.855. The van der Waals surface area contributed by atoms with Crippen LogP contribution >= 0.6 is 0 Å². The molecule has 80 valence electrons. The van der Waals surface area contributed by atoms with E-state index in [-0.39, 0.29) is 0 Å². The molecule has 0 aromatic rings. The lowest BCUT2D eigenvalue weighted by molar-refractivity contribution is -0.482. The molecule has 4 bridgehead atoms. The van der Waals surface area contributed by atoms with Gasteiger partial charge in [0.1, 0.15) is 36.6 Å². The van der Waals surface area contributed by atoms with E-state index in [1.165, 1.54) is 7.11 Å². The molecule has 0 aromatic heterocycles. The van der Waals surface area contributed by atoms with Crippen molar-refractivity contribution in [1.82, 2.24) is 0 Å². The van der Waals surface area contributed by atoms with Gasteiger partial charge in [0, 0.05) is 7.11 Å². The van der Waals surface area contributed by atoms with Crippen LogP contribution in [0.2, 0.25) is 0 Å². The highest BCUT2D eigenvalue weighted by Gasteiger charge is 2.61. The molecule has 0 radical (unpaired) electrons. The molecule has 1 saturated carbocycles. The van der Waals surface area contributed by atoms with Gasteiger partial charge in [-0.2, -0.15) is 0 Å². The van der Waals surface area contributed by atoms with Gasteiger partial charge in [-0.3, -0.25) is 0 Å². The molecule has 1 aliphatic carbocycles. The molecular weight excluding hydrogens is 192 g/mol. The van der Waals surface area contributed by atoms with Crippen molar-refractivity contribution in [3.05, 3.63) is 0 Å². The van der Waals surface area contributed by atoms with Crippen molar-refractivity contribution >= 4 is 0 Å². The molecule has 3 saturated heterocycles. The summed E-state index contributed by atoms with van der Waals surface area (Å²) in [4.78, 5) is 0. The van der Waals surface area contributed by atoms with Crippen LogP contribution in [0, 0.1) is 0 Å². The minimum Gasteiger partial charge on any atom is -0.387 e. The Labute approximate surface area is 80.3 Å². The molecule has 6 nitrogen and oxygen atoms in total. The lowest BCUT2D eigenvalue weighted by atomic mass is 9.82. The number of aliphatic hydroxyl groups is 2. The lowest BCUT2D eigenvalue weighted by Gasteiger charge is -2.56. The quantitative estimate of drug-likeness (QED) is 0.525. The van der Waals surface area contributed by atoms with Crippen molar-refractivity contribution in [2.24, 2.45) is 0 Å². The van der Waals surface area contributed by atoms with Gasteiger partial charge in [0.15, 0.2) is 0 Å². The highest BCUT2D eigenvalue weighted by molar-refractivity contribution is 5.05. The molecule has 4 aliphatic rings. The fourth-order valence-electron chi connectivity index (χ4n) is 2.38. The Morgan fingerprint density at radius 1 is 0.929 bits per heavy atom. The van der Waals surface area contributed by atoms with Gasteiger partial charge in [-0.1, -0.05) is 0 Å². The molecule has 2 N–H and O–H groups in total.